The van der Waals surface area contributed by atoms with Crippen molar-refractivity contribution in [3.05, 3.63) is 22.8 Å². The molecule has 0 aliphatic carbocycles. The van der Waals surface area contributed by atoms with Gasteiger partial charge in [-0.3, -0.25) is 0 Å². The van der Waals surface area contributed by atoms with Crippen LogP contribution in [0.25, 0.3) is 0 Å². The summed E-state index contributed by atoms with van der Waals surface area (Å²) in [5.74, 6) is -0.639. The maximum Gasteiger partial charge on any atom is 0.125 e. The van der Waals surface area contributed by atoms with Crippen LogP contribution in [0.15, 0.2) is 0 Å². The number of hydrogen-bond acceptors (Lipinski definition) is 4. The predicted molar refractivity (Wildman–Crippen MR) is 40.6 cm³/mol. The second kappa shape index (κ2) is 2.89. The maximum atomic E-state index is 10.6. The highest BCUT2D eigenvalue weighted by Gasteiger charge is 2.06. The van der Waals surface area contributed by atoms with Crippen molar-refractivity contribution in [1.29, 1.82) is 0 Å². The molecule has 0 N–H and O–H groups in total. The molecule has 0 amide bonds. The van der Waals surface area contributed by atoms with E-state index in [2.05, 4.69) is 9.97 Å². The first kappa shape index (κ1) is 8.64. The molecular formula is C8H9N2O2-. The third-order valence-electron chi connectivity index (χ3n) is 1.59. The summed E-state index contributed by atoms with van der Waals surface area (Å²) >= 11 is 0. The van der Waals surface area contributed by atoms with Gasteiger partial charge in [-0.15, -0.1) is 0 Å². The molecule has 0 aliphatic rings. The molecule has 1 heterocycles. The van der Waals surface area contributed by atoms with E-state index in [1.54, 1.807) is 20.8 Å². The molecule has 0 aromatic carbocycles. The number of rotatable bonds is 1. The third-order valence-corrected chi connectivity index (χ3v) is 1.59. The topological polar surface area (TPSA) is 65.9 Å². The van der Waals surface area contributed by atoms with Crippen molar-refractivity contribution in [2.24, 2.45) is 0 Å². The van der Waals surface area contributed by atoms with Gasteiger partial charge in [0.05, 0.1) is 17.4 Å². The second-order valence-corrected chi connectivity index (χ2v) is 2.60. The van der Waals surface area contributed by atoms with Gasteiger partial charge in [0.15, 0.2) is 0 Å². The van der Waals surface area contributed by atoms with Gasteiger partial charge >= 0.3 is 0 Å². The van der Waals surface area contributed by atoms with Crippen LogP contribution in [-0.4, -0.2) is 15.9 Å². The summed E-state index contributed by atoms with van der Waals surface area (Å²) < 4.78 is 0. The van der Waals surface area contributed by atoms with Crippen LogP contribution in [-0.2, 0) is 0 Å². The lowest BCUT2D eigenvalue weighted by Gasteiger charge is -2.09. The van der Waals surface area contributed by atoms with Crippen LogP contribution in [0.1, 0.15) is 27.6 Å². The summed E-state index contributed by atoms with van der Waals surface area (Å²) in [5.41, 5.74) is 1.01. The number of carbonyl (C=O) groups is 1. The quantitative estimate of drug-likeness (QED) is 0.576. The smallest absolute Gasteiger partial charge is 0.125 e. The van der Waals surface area contributed by atoms with Crippen LogP contribution in [0.5, 0.6) is 0 Å². The van der Waals surface area contributed by atoms with Crippen molar-refractivity contribution in [2.45, 2.75) is 20.8 Å². The van der Waals surface area contributed by atoms with Gasteiger partial charge in [-0.05, 0) is 20.8 Å². The number of nitrogens with zero attached hydrogens (tertiary/aromatic N) is 2. The van der Waals surface area contributed by atoms with Crippen LogP contribution in [0.3, 0.4) is 0 Å². The Balaban J connectivity index is 3.38. The summed E-state index contributed by atoms with van der Waals surface area (Å²) in [4.78, 5) is 18.4. The molecule has 1 aromatic rings. The molecular weight excluding hydrogens is 156 g/mol. The highest BCUT2D eigenvalue weighted by Crippen LogP contribution is 2.07. The molecule has 0 radical (unpaired) electrons. The minimum Gasteiger partial charge on any atom is -0.545 e. The fourth-order valence-electron chi connectivity index (χ4n) is 1.18. The maximum absolute atomic E-state index is 10.6. The summed E-state index contributed by atoms with van der Waals surface area (Å²) in [6, 6.07) is 0. The number of aryl methyl sites for hydroxylation is 3. The van der Waals surface area contributed by atoms with E-state index in [0.29, 0.717) is 17.2 Å². The van der Waals surface area contributed by atoms with E-state index in [1.807, 2.05) is 0 Å². The lowest BCUT2D eigenvalue weighted by atomic mass is 10.2. The van der Waals surface area contributed by atoms with E-state index in [4.69, 9.17) is 0 Å². The van der Waals surface area contributed by atoms with Crippen LogP contribution >= 0.6 is 0 Å². The van der Waals surface area contributed by atoms with Gasteiger partial charge in [-0.1, -0.05) is 0 Å². The fourth-order valence-corrected chi connectivity index (χ4v) is 1.18. The first-order chi connectivity index (χ1) is 5.52. The van der Waals surface area contributed by atoms with Crippen LogP contribution in [0.2, 0.25) is 0 Å². The number of carbonyl (C=O) groups excluding carboxylic acids is 1. The highest BCUT2D eigenvalue weighted by molar-refractivity contribution is 5.88. The summed E-state index contributed by atoms with van der Waals surface area (Å²) in [6.45, 7) is 4.98. The molecule has 1 aromatic heterocycles. The molecule has 0 spiro atoms. The Kier molecular flexibility index (Phi) is 2.08. The second-order valence-electron chi connectivity index (χ2n) is 2.60. The van der Waals surface area contributed by atoms with Gasteiger partial charge in [0.1, 0.15) is 5.82 Å². The van der Waals surface area contributed by atoms with E-state index in [-0.39, 0.29) is 5.56 Å². The van der Waals surface area contributed by atoms with E-state index in [0.717, 1.165) is 0 Å². The van der Waals surface area contributed by atoms with Crippen molar-refractivity contribution >= 4 is 5.97 Å². The van der Waals surface area contributed by atoms with Gasteiger partial charge in [0.2, 0.25) is 0 Å². The molecule has 0 atom stereocenters. The molecule has 0 saturated heterocycles. The van der Waals surface area contributed by atoms with Crippen molar-refractivity contribution in [2.75, 3.05) is 0 Å². The third kappa shape index (κ3) is 1.42. The Morgan fingerprint density at radius 1 is 1.17 bits per heavy atom. The van der Waals surface area contributed by atoms with Gasteiger partial charge in [-0.25, -0.2) is 9.97 Å². The largest absolute Gasteiger partial charge is 0.545 e. The van der Waals surface area contributed by atoms with Crippen LogP contribution in [0.4, 0.5) is 0 Å². The van der Waals surface area contributed by atoms with Gasteiger partial charge in [0, 0.05) is 5.56 Å². The zero-order chi connectivity index (χ0) is 9.30. The molecule has 0 fully saturated rings. The SMILES string of the molecule is Cc1nc(C)c(C(=O)[O-])c(C)n1. The Labute approximate surface area is 70.3 Å². The standard InChI is InChI=1S/C8H10N2O2/c1-4-7(8(11)12)5(2)10-6(3)9-4/h1-3H3,(H,11,12)/p-1. The average molecular weight is 165 g/mol. The molecule has 0 unspecified atom stereocenters. The zero-order valence-electron chi connectivity index (χ0n) is 7.21. The van der Waals surface area contributed by atoms with Crippen molar-refractivity contribution < 1.29 is 9.90 Å². The molecule has 0 saturated carbocycles. The number of aromatic nitrogens is 2. The minimum absolute atomic E-state index is 0.0978. The lowest BCUT2D eigenvalue weighted by molar-refractivity contribution is -0.255. The van der Waals surface area contributed by atoms with Crippen LogP contribution in [0, 0.1) is 20.8 Å². The summed E-state index contributed by atoms with van der Waals surface area (Å²) in [7, 11) is 0. The minimum atomic E-state index is -1.22. The first-order valence-corrected chi connectivity index (χ1v) is 3.55. The Hall–Kier alpha value is -1.45. The van der Waals surface area contributed by atoms with E-state index >= 15 is 0 Å². The monoisotopic (exact) mass is 165 g/mol. The normalized spacial score (nSPS) is 9.92. The van der Waals surface area contributed by atoms with Crippen molar-refractivity contribution in [1.82, 2.24) is 9.97 Å². The summed E-state index contributed by atoms with van der Waals surface area (Å²) in [5, 5.41) is 10.6. The molecule has 0 aliphatic heterocycles. The first-order valence-electron chi connectivity index (χ1n) is 3.55. The Morgan fingerprint density at radius 3 is 1.92 bits per heavy atom. The summed E-state index contributed by atoms with van der Waals surface area (Å²) in [6.07, 6.45) is 0. The number of carboxylic acids is 1. The number of carboxylic acid groups (broad SMARTS) is 1. The number of hydrogen-bond donors (Lipinski definition) is 0. The fraction of sp³-hybridized carbons (Fsp3) is 0.375. The Bertz CT molecular complexity index is 311. The Morgan fingerprint density at radius 2 is 1.58 bits per heavy atom. The lowest BCUT2D eigenvalue weighted by Crippen LogP contribution is -2.25. The number of aromatic carboxylic acids is 1. The van der Waals surface area contributed by atoms with Crippen LogP contribution < -0.4 is 5.11 Å². The van der Waals surface area contributed by atoms with Gasteiger partial charge in [-0.2, -0.15) is 0 Å². The van der Waals surface area contributed by atoms with Crippen molar-refractivity contribution in [3.63, 3.8) is 0 Å². The van der Waals surface area contributed by atoms with E-state index < -0.39 is 5.97 Å². The van der Waals surface area contributed by atoms with Crippen molar-refractivity contribution in [3.8, 4) is 0 Å². The molecule has 12 heavy (non-hydrogen) atoms. The molecule has 1 rings (SSSR count). The van der Waals surface area contributed by atoms with E-state index in [9.17, 15) is 9.90 Å². The predicted octanol–water partition coefficient (Wildman–Crippen LogP) is -0.235. The molecule has 0 bridgehead atoms. The molecule has 64 valence electrons. The highest BCUT2D eigenvalue weighted by atomic mass is 16.4. The average Bonchev–Trinajstić information content (AvgIpc) is 1.82. The molecule has 4 heteroatoms. The van der Waals surface area contributed by atoms with Gasteiger partial charge in [0.25, 0.3) is 0 Å². The van der Waals surface area contributed by atoms with E-state index in [1.165, 1.54) is 0 Å². The van der Waals surface area contributed by atoms with Gasteiger partial charge < -0.3 is 9.90 Å². The zero-order valence-corrected chi connectivity index (χ0v) is 7.21. The molecule has 4 nitrogen and oxygen atoms in total.